The standard InChI is InChI=1S/C19H20N2O7/c1-12(28-19(23)14-6-4-5-13(9-14)11-26-2)18(22)20-16-8-7-15(27-3)10-17(16)21(24)25/h4-10,12H,11H2,1-3H3,(H,20,22)/t12-/m0/s1. The number of nitrogens with zero attached hydrogens (tertiary/aromatic N) is 1. The van der Waals surface area contributed by atoms with Gasteiger partial charge in [-0.15, -0.1) is 0 Å². The van der Waals surface area contributed by atoms with Crippen LogP contribution in [0, 0.1) is 10.1 Å². The first-order valence-electron chi connectivity index (χ1n) is 8.28. The first kappa shape index (κ1) is 20.8. The predicted octanol–water partition coefficient (Wildman–Crippen LogP) is 2.93. The molecule has 28 heavy (non-hydrogen) atoms. The van der Waals surface area contributed by atoms with Crippen LogP contribution in [0.3, 0.4) is 0 Å². The molecule has 1 atom stereocenters. The molecular weight excluding hydrogens is 368 g/mol. The average Bonchev–Trinajstić information content (AvgIpc) is 2.68. The van der Waals surface area contributed by atoms with Crippen molar-refractivity contribution in [2.24, 2.45) is 0 Å². The van der Waals surface area contributed by atoms with Crippen LogP contribution in [0.2, 0.25) is 0 Å². The molecule has 0 aromatic heterocycles. The van der Waals surface area contributed by atoms with Crippen molar-refractivity contribution in [3.63, 3.8) is 0 Å². The molecule has 0 radical (unpaired) electrons. The third-order valence-electron chi connectivity index (χ3n) is 3.79. The Balaban J connectivity index is 2.08. The summed E-state index contributed by atoms with van der Waals surface area (Å²) in [5.41, 5.74) is 0.687. The Morgan fingerprint density at radius 2 is 1.93 bits per heavy atom. The van der Waals surface area contributed by atoms with Crippen LogP contribution >= 0.6 is 0 Å². The average molecular weight is 388 g/mol. The minimum atomic E-state index is -1.17. The first-order valence-corrected chi connectivity index (χ1v) is 8.28. The van der Waals surface area contributed by atoms with Crippen molar-refractivity contribution < 1.29 is 28.7 Å². The number of carbonyl (C=O) groups is 2. The molecular formula is C19H20N2O7. The van der Waals surface area contributed by atoms with Crippen molar-refractivity contribution in [2.45, 2.75) is 19.6 Å². The number of methoxy groups -OCH3 is 2. The molecule has 9 nitrogen and oxygen atoms in total. The van der Waals surface area contributed by atoms with E-state index in [1.165, 1.54) is 39.3 Å². The molecule has 1 amide bonds. The fourth-order valence-electron chi connectivity index (χ4n) is 2.37. The normalized spacial score (nSPS) is 11.4. The van der Waals surface area contributed by atoms with E-state index in [1.54, 1.807) is 24.3 Å². The summed E-state index contributed by atoms with van der Waals surface area (Å²) < 4.78 is 15.1. The van der Waals surface area contributed by atoms with E-state index >= 15 is 0 Å². The topological polar surface area (TPSA) is 117 Å². The van der Waals surface area contributed by atoms with E-state index in [9.17, 15) is 19.7 Å². The summed E-state index contributed by atoms with van der Waals surface area (Å²) in [6.45, 7) is 1.71. The molecule has 2 rings (SSSR count). The van der Waals surface area contributed by atoms with E-state index in [2.05, 4.69) is 5.32 Å². The lowest BCUT2D eigenvalue weighted by molar-refractivity contribution is -0.384. The highest BCUT2D eigenvalue weighted by atomic mass is 16.6. The summed E-state index contributed by atoms with van der Waals surface area (Å²) in [5, 5.41) is 13.6. The van der Waals surface area contributed by atoms with Crippen LogP contribution in [-0.4, -0.2) is 37.1 Å². The van der Waals surface area contributed by atoms with Crippen molar-refractivity contribution in [1.82, 2.24) is 0 Å². The number of nitro benzene ring substituents is 1. The number of ether oxygens (including phenoxy) is 3. The number of esters is 1. The molecule has 0 spiro atoms. The number of carbonyl (C=O) groups excluding carboxylic acids is 2. The van der Waals surface area contributed by atoms with Gasteiger partial charge in [-0.05, 0) is 36.8 Å². The molecule has 0 aliphatic carbocycles. The van der Waals surface area contributed by atoms with Gasteiger partial charge >= 0.3 is 5.97 Å². The highest BCUT2D eigenvalue weighted by molar-refractivity contribution is 5.98. The number of amides is 1. The summed E-state index contributed by atoms with van der Waals surface area (Å²) in [6.07, 6.45) is -1.17. The summed E-state index contributed by atoms with van der Waals surface area (Å²) in [7, 11) is 2.91. The van der Waals surface area contributed by atoms with E-state index in [0.29, 0.717) is 6.61 Å². The number of rotatable bonds is 8. The Morgan fingerprint density at radius 3 is 2.57 bits per heavy atom. The summed E-state index contributed by atoms with van der Waals surface area (Å²) in [6, 6.07) is 10.6. The van der Waals surface area contributed by atoms with Gasteiger partial charge in [-0.2, -0.15) is 0 Å². The number of hydrogen-bond acceptors (Lipinski definition) is 7. The Labute approximate surface area is 161 Å². The highest BCUT2D eigenvalue weighted by Gasteiger charge is 2.23. The number of nitro groups is 1. The van der Waals surface area contributed by atoms with Gasteiger partial charge in [0, 0.05) is 7.11 Å². The van der Waals surface area contributed by atoms with Crippen LogP contribution in [0.1, 0.15) is 22.8 Å². The zero-order valence-corrected chi connectivity index (χ0v) is 15.6. The van der Waals surface area contributed by atoms with Crippen molar-refractivity contribution in [1.29, 1.82) is 0 Å². The summed E-state index contributed by atoms with van der Waals surface area (Å²) in [5.74, 6) is -1.11. The predicted molar refractivity (Wildman–Crippen MR) is 100 cm³/mol. The number of anilines is 1. The third-order valence-corrected chi connectivity index (χ3v) is 3.79. The zero-order chi connectivity index (χ0) is 20.7. The van der Waals surface area contributed by atoms with E-state index in [4.69, 9.17) is 14.2 Å². The molecule has 2 aromatic rings. The molecule has 9 heteroatoms. The number of hydrogen-bond donors (Lipinski definition) is 1. The molecule has 1 N–H and O–H groups in total. The fraction of sp³-hybridized carbons (Fsp3) is 0.263. The van der Waals surface area contributed by atoms with Crippen molar-refractivity contribution in [2.75, 3.05) is 19.5 Å². The SMILES string of the molecule is COCc1cccc(C(=O)O[C@@H](C)C(=O)Nc2ccc(OC)cc2[N+](=O)[O-])c1. The maximum atomic E-state index is 12.3. The van der Waals surface area contributed by atoms with Crippen molar-refractivity contribution in [3.8, 4) is 5.75 Å². The molecule has 0 unspecified atom stereocenters. The van der Waals surface area contributed by atoms with Gasteiger partial charge in [0.2, 0.25) is 0 Å². The van der Waals surface area contributed by atoms with Crippen LogP contribution in [0.15, 0.2) is 42.5 Å². The minimum Gasteiger partial charge on any atom is -0.496 e. The van der Waals surface area contributed by atoms with Crippen LogP contribution in [0.5, 0.6) is 5.75 Å². The van der Waals surface area contributed by atoms with Gasteiger partial charge < -0.3 is 19.5 Å². The second-order valence-corrected chi connectivity index (χ2v) is 5.81. The Morgan fingerprint density at radius 1 is 1.18 bits per heavy atom. The lowest BCUT2D eigenvalue weighted by Crippen LogP contribution is -2.30. The Kier molecular flexibility index (Phi) is 7.05. The van der Waals surface area contributed by atoms with E-state index in [-0.39, 0.29) is 22.7 Å². The molecule has 0 bridgehead atoms. The zero-order valence-electron chi connectivity index (χ0n) is 15.6. The van der Waals surface area contributed by atoms with Crippen molar-refractivity contribution >= 4 is 23.3 Å². The molecule has 0 saturated carbocycles. The van der Waals surface area contributed by atoms with E-state index in [0.717, 1.165) is 5.56 Å². The third kappa shape index (κ3) is 5.27. The fourth-order valence-corrected chi connectivity index (χ4v) is 2.37. The smallest absolute Gasteiger partial charge is 0.338 e. The van der Waals surface area contributed by atoms with Crippen LogP contribution in [-0.2, 0) is 20.9 Å². The summed E-state index contributed by atoms with van der Waals surface area (Å²) in [4.78, 5) is 35.1. The van der Waals surface area contributed by atoms with Crippen molar-refractivity contribution in [3.05, 3.63) is 63.7 Å². The molecule has 0 aliphatic rings. The van der Waals surface area contributed by atoms with Crippen LogP contribution < -0.4 is 10.1 Å². The first-order chi connectivity index (χ1) is 13.3. The molecule has 0 aliphatic heterocycles. The van der Waals surface area contributed by atoms with Gasteiger partial charge in [-0.1, -0.05) is 12.1 Å². The van der Waals surface area contributed by atoms with Gasteiger partial charge in [0.15, 0.2) is 6.10 Å². The Bertz CT molecular complexity index is 882. The number of benzene rings is 2. The molecule has 0 heterocycles. The van der Waals surface area contributed by atoms with E-state index in [1.807, 2.05) is 0 Å². The quantitative estimate of drug-likeness (QED) is 0.420. The highest BCUT2D eigenvalue weighted by Crippen LogP contribution is 2.29. The van der Waals surface area contributed by atoms with Gasteiger partial charge in [0.1, 0.15) is 11.4 Å². The van der Waals surface area contributed by atoms with Crippen LogP contribution in [0.25, 0.3) is 0 Å². The lowest BCUT2D eigenvalue weighted by atomic mass is 10.1. The maximum absolute atomic E-state index is 12.3. The molecule has 2 aromatic carbocycles. The molecule has 0 fully saturated rings. The molecule has 0 saturated heterocycles. The lowest BCUT2D eigenvalue weighted by Gasteiger charge is -2.14. The van der Waals surface area contributed by atoms with Crippen LogP contribution in [0.4, 0.5) is 11.4 Å². The van der Waals surface area contributed by atoms with Gasteiger partial charge in [0.05, 0.1) is 30.3 Å². The van der Waals surface area contributed by atoms with Gasteiger partial charge in [-0.25, -0.2) is 4.79 Å². The maximum Gasteiger partial charge on any atom is 0.338 e. The monoisotopic (exact) mass is 388 g/mol. The summed E-state index contributed by atoms with van der Waals surface area (Å²) >= 11 is 0. The molecule has 148 valence electrons. The largest absolute Gasteiger partial charge is 0.496 e. The van der Waals surface area contributed by atoms with Gasteiger partial charge in [0.25, 0.3) is 11.6 Å². The minimum absolute atomic E-state index is 0.0270. The second kappa shape index (κ2) is 9.47. The van der Waals surface area contributed by atoms with Gasteiger partial charge in [-0.3, -0.25) is 14.9 Å². The second-order valence-electron chi connectivity index (χ2n) is 5.81. The Hall–Kier alpha value is -3.46. The van der Waals surface area contributed by atoms with E-state index < -0.39 is 22.9 Å². The number of nitrogens with one attached hydrogen (secondary N) is 1.